The molecule has 24 heavy (non-hydrogen) atoms. The minimum atomic E-state index is -0.139. The molecule has 0 bridgehead atoms. The van der Waals surface area contributed by atoms with E-state index in [1.54, 1.807) is 11.3 Å². The van der Waals surface area contributed by atoms with Crippen molar-refractivity contribution in [3.63, 3.8) is 0 Å². The number of benzene rings is 1. The third-order valence-corrected chi connectivity index (χ3v) is 5.80. The molecule has 4 nitrogen and oxygen atoms in total. The van der Waals surface area contributed by atoms with E-state index >= 15 is 0 Å². The fraction of sp³-hybridized carbons (Fsp3) is 0.474. The zero-order valence-corrected chi connectivity index (χ0v) is 15.4. The second-order valence-corrected chi connectivity index (χ2v) is 7.72. The summed E-state index contributed by atoms with van der Waals surface area (Å²) < 4.78 is 0. The van der Waals surface area contributed by atoms with Gasteiger partial charge in [0.15, 0.2) is 5.13 Å². The Morgan fingerprint density at radius 1 is 1.38 bits per heavy atom. The molecule has 1 amide bonds. The van der Waals surface area contributed by atoms with Crippen LogP contribution in [0.3, 0.4) is 0 Å². The van der Waals surface area contributed by atoms with Crippen molar-refractivity contribution in [3.05, 3.63) is 46.5 Å². The van der Waals surface area contributed by atoms with Crippen LogP contribution in [0.15, 0.2) is 30.3 Å². The molecule has 0 saturated carbocycles. The number of hydrogen-bond acceptors (Lipinski definition) is 4. The number of carbonyl (C=O) groups excluding carboxylic acids is 1. The average Bonchev–Trinajstić information content (AvgIpc) is 2.97. The summed E-state index contributed by atoms with van der Waals surface area (Å²) in [5, 5.41) is 3.82. The number of amides is 1. The SMILES string of the molecule is CCC(C)C(C(=O)Nc1nc2c(s1)CN(C)CC2)c1ccccc1. The maximum absolute atomic E-state index is 12.9. The second-order valence-electron chi connectivity index (χ2n) is 6.64. The number of anilines is 1. The Labute approximate surface area is 147 Å². The molecule has 2 unspecified atom stereocenters. The van der Waals surface area contributed by atoms with E-state index in [1.807, 2.05) is 30.3 Å². The first-order chi connectivity index (χ1) is 11.6. The number of rotatable bonds is 5. The minimum Gasteiger partial charge on any atom is -0.301 e. The van der Waals surface area contributed by atoms with E-state index in [2.05, 4.69) is 36.1 Å². The molecule has 1 aromatic carbocycles. The lowest BCUT2D eigenvalue weighted by atomic mass is 9.85. The van der Waals surface area contributed by atoms with Crippen molar-refractivity contribution < 1.29 is 4.79 Å². The molecule has 2 atom stereocenters. The van der Waals surface area contributed by atoms with Crippen LogP contribution in [0.1, 0.15) is 42.3 Å². The Morgan fingerprint density at radius 3 is 2.83 bits per heavy atom. The quantitative estimate of drug-likeness (QED) is 0.895. The van der Waals surface area contributed by atoms with Gasteiger partial charge in [-0.3, -0.25) is 4.79 Å². The highest BCUT2D eigenvalue weighted by molar-refractivity contribution is 7.15. The summed E-state index contributed by atoms with van der Waals surface area (Å²) in [4.78, 5) is 21.1. The number of nitrogens with one attached hydrogen (secondary N) is 1. The van der Waals surface area contributed by atoms with Crippen molar-refractivity contribution in [1.29, 1.82) is 0 Å². The molecular weight excluding hydrogens is 318 g/mol. The minimum absolute atomic E-state index is 0.0509. The molecule has 1 aliphatic heterocycles. The van der Waals surface area contributed by atoms with E-state index in [4.69, 9.17) is 0 Å². The molecule has 5 heteroatoms. The van der Waals surface area contributed by atoms with Crippen LogP contribution < -0.4 is 5.32 Å². The van der Waals surface area contributed by atoms with E-state index in [0.29, 0.717) is 0 Å². The first-order valence-electron chi connectivity index (χ1n) is 8.61. The van der Waals surface area contributed by atoms with Crippen molar-refractivity contribution in [3.8, 4) is 0 Å². The molecule has 2 aromatic rings. The van der Waals surface area contributed by atoms with Gasteiger partial charge in [0.25, 0.3) is 0 Å². The lowest BCUT2D eigenvalue weighted by molar-refractivity contribution is -0.118. The van der Waals surface area contributed by atoms with Crippen molar-refractivity contribution >= 4 is 22.4 Å². The van der Waals surface area contributed by atoms with Gasteiger partial charge in [-0.25, -0.2) is 4.98 Å². The third kappa shape index (κ3) is 3.68. The summed E-state index contributed by atoms with van der Waals surface area (Å²) >= 11 is 1.61. The molecule has 1 aromatic heterocycles. The Morgan fingerprint density at radius 2 is 2.12 bits per heavy atom. The zero-order valence-electron chi connectivity index (χ0n) is 14.6. The predicted molar refractivity (Wildman–Crippen MR) is 99.4 cm³/mol. The van der Waals surface area contributed by atoms with Crippen LogP contribution >= 0.6 is 11.3 Å². The molecule has 1 aliphatic rings. The number of likely N-dealkylation sites (N-methyl/N-ethyl adjacent to an activating group) is 1. The van der Waals surface area contributed by atoms with Gasteiger partial charge in [-0.2, -0.15) is 0 Å². The number of fused-ring (bicyclic) bond motifs is 1. The molecule has 2 heterocycles. The summed E-state index contributed by atoms with van der Waals surface area (Å²) in [5.74, 6) is 0.197. The van der Waals surface area contributed by atoms with E-state index in [-0.39, 0.29) is 17.7 Å². The van der Waals surface area contributed by atoms with Gasteiger partial charge in [0.1, 0.15) is 0 Å². The number of nitrogens with zero attached hydrogens (tertiary/aromatic N) is 2. The van der Waals surface area contributed by atoms with E-state index in [1.165, 1.54) is 4.88 Å². The zero-order chi connectivity index (χ0) is 17.1. The number of thiazole rings is 1. The van der Waals surface area contributed by atoms with Crippen molar-refractivity contribution in [1.82, 2.24) is 9.88 Å². The average molecular weight is 343 g/mol. The van der Waals surface area contributed by atoms with Crippen molar-refractivity contribution in [2.75, 3.05) is 18.9 Å². The van der Waals surface area contributed by atoms with Gasteiger partial charge in [0.05, 0.1) is 11.6 Å². The van der Waals surface area contributed by atoms with Crippen LogP contribution in [-0.4, -0.2) is 29.4 Å². The fourth-order valence-electron chi connectivity index (χ4n) is 3.19. The largest absolute Gasteiger partial charge is 0.301 e. The predicted octanol–water partition coefficient (Wildman–Crippen LogP) is 3.90. The van der Waals surface area contributed by atoms with Gasteiger partial charge in [0, 0.05) is 24.4 Å². The summed E-state index contributed by atoms with van der Waals surface area (Å²) in [7, 11) is 2.12. The molecule has 0 aliphatic carbocycles. The third-order valence-electron chi connectivity index (χ3n) is 4.81. The molecule has 0 saturated heterocycles. The molecule has 1 N–H and O–H groups in total. The van der Waals surface area contributed by atoms with Gasteiger partial charge >= 0.3 is 0 Å². The lowest BCUT2D eigenvalue weighted by Crippen LogP contribution is -2.26. The molecular formula is C19H25N3OS. The summed E-state index contributed by atoms with van der Waals surface area (Å²) in [6.45, 7) is 6.23. The highest BCUT2D eigenvalue weighted by Crippen LogP contribution is 2.31. The van der Waals surface area contributed by atoms with Crippen LogP contribution in [0.2, 0.25) is 0 Å². The number of hydrogen-bond donors (Lipinski definition) is 1. The topological polar surface area (TPSA) is 45.2 Å². The molecule has 0 radical (unpaired) electrons. The first kappa shape index (κ1) is 17.1. The van der Waals surface area contributed by atoms with Crippen molar-refractivity contribution in [2.45, 2.75) is 39.2 Å². The molecule has 128 valence electrons. The summed E-state index contributed by atoms with van der Waals surface area (Å²) in [5.41, 5.74) is 2.22. The lowest BCUT2D eigenvalue weighted by Gasteiger charge is -2.22. The highest BCUT2D eigenvalue weighted by Gasteiger charge is 2.27. The normalized spacial score (nSPS) is 17.1. The molecule has 0 spiro atoms. The van der Waals surface area contributed by atoms with Crippen LogP contribution in [0.5, 0.6) is 0 Å². The van der Waals surface area contributed by atoms with E-state index < -0.39 is 0 Å². The summed E-state index contributed by atoms with van der Waals surface area (Å²) in [6.07, 6.45) is 1.93. The number of aromatic nitrogens is 1. The van der Waals surface area contributed by atoms with Gasteiger partial charge < -0.3 is 10.2 Å². The first-order valence-corrected chi connectivity index (χ1v) is 9.43. The number of carbonyl (C=O) groups is 1. The van der Waals surface area contributed by atoms with Crippen molar-refractivity contribution in [2.24, 2.45) is 5.92 Å². The van der Waals surface area contributed by atoms with Crippen LogP contribution in [0, 0.1) is 5.92 Å². The maximum atomic E-state index is 12.9. The molecule has 0 fully saturated rings. The Kier molecular flexibility index (Phi) is 5.31. The van der Waals surface area contributed by atoms with Gasteiger partial charge in [0.2, 0.25) is 5.91 Å². The Balaban J connectivity index is 1.79. The standard InChI is InChI=1S/C19H25N3OS/c1-4-13(2)17(14-8-6-5-7-9-14)18(23)21-19-20-15-10-11-22(3)12-16(15)24-19/h5-9,13,17H,4,10-12H2,1-3H3,(H,20,21,23). The summed E-state index contributed by atoms with van der Waals surface area (Å²) in [6, 6.07) is 10.1. The highest BCUT2D eigenvalue weighted by atomic mass is 32.1. The van der Waals surface area contributed by atoms with E-state index in [9.17, 15) is 4.79 Å². The van der Waals surface area contributed by atoms with Crippen LogP contribution in [0.4, 0.5) is 5.13 Å². The van der Waals surface area contributed by atoms with E-state index in [0.717, 1.165) is 42.3 Å². The molecule has 3 rings (SSSR count). The fourth-order valence-corrected chi connectivity index (χ4v) is 4.29. The maximum Gasteiger partial charge on any atom is 0.233 e. The Hall–Kier alpha value is -1.72. The second kappa shape index (κ2) is 7.45. The smallest absolute Gasteiger partial charge is 0.233 e. The van der Waals surface area contributed by atoms with Crippen LogP contribution in [0.25, 0.3) is 0 Å². The Bertz CT molecular complexity index is 698. The van der Waals surface area contributed by atoms with Crippen LogP contribution in [-0.2, 0) is 17.8 Å². The monoisotopic (exact) mass is 343 g/mol. The van der Waals surface area contributed by atoms with Gasteiger partial charge in [-0.1, -0.05) is 50.6 Å². The van der Waals surface area contributed by atoms with Gasteiger partial charge in [-0.05, 0) is 18.5 Å². The van der Waals surface area contributed by atoms with Gasteiger partial charge in [-0.15, -0.1) is 11.3 Å².